The van der Waals surface area contributed by atoms with Gasteiger partial charge in [-0.3, -0.25) is 10.1 Å². The molecule has 0 aliphatic carbocycles. The summed E-state index contributed by atoms with van der Waals surface area (Å²) in [7, 11) is 0. The second kappa shape index (κ2) is 6.42. The predicted octanol–water partition coefficient (Wildman–Crippen LogP) is 2.72. The molecular weight excluding hydrogens is 174 g/mol. The lowest BCUT2D eigenvalue weighted by atomic mass is 10.3. The topological polar surface area (TPSA) is 43.1 Å². The number of allylic oxidation sites excluding steroid dienone is 3. The van der Waals surface area contributed by atoms with Gasteiger partial charge in [0.15, 0.2) is 0 Å². The maximum atomic E-state index is 9.87. The van der Waals surface area contributed by atoms with Crippen molar-refractivity contribution in [3.63, 3.8) is 0 Å². The van der Waals surface area contributed by atoms with Gasteiger partial charge in [-0.05, 0) is 22.5 Å². The minimum absolute atomic E-state index is 0.528. The molecule has 0 unspecified atom stereocenters. The SMILES string of the molecule is C=CS/C=C\C(=C)/C=C/[N+](=O)[O-]. The minimum atomic E-state index is -0.528. The Balaban J connectivity index is 3.89. The molecule has 0 saturated heterocycles. The third kappa shape index (κ3) is 6.82. The fourth-order valence-corrected chi connectivity index (χ4v) is 0.759. The van der Waals surface area contributed by atoms with E-state index in [1.54, 1.807) is 16.9 Å². The quantitative estimate of drug-likeness (QED) is 0.374. The van der Waals surface area contributed by atoms with E-state index in [9.17, 15) is 10.1 Å². The summed E-state index contributed by atoms with van der Waals surface area (Å²) >= 11 is 1.39. The second-order valence-electron chi connectivity index (χ2n) is 1.78. The van der Waals surface area contributed by atoms with Crippen LogP contribution in [-0.2, 0) is 0 Å². The van der Waals surface area contributed by atoms with Gasteiger partial charge in [0, 0.05) is 6.08 Å². The van der Waals surface area contributed by atoms with Crippen LogP contribution in [0, 0.1) is 10.1 Å². The summed E-state index contributed by atoms with van der Waals surface area (Å²) in [6.45, 7) is 7.06. The number of hydrogen-bond donors (Lipinski definition) is 0. The van der Waals surface area contributed by atoms with Gasteiger partial charge in [0.1, 0.15) is 0 Å². The Hall–Kier alpha value is -1.29. The highest BCUT2D eigenvalue weighted by Crippen LogP contribution is 2.05. The average molecular weight is 183 g/mol. The Morgan fingerprint density at radius 2 is 2.17 bits per heavy atom. The maximum absolute atomic E-state index is 9.87. The molecule has 0 fully saturated rings. The summed E-state index contributed by atoms with van der Waals surface area (Å²) in [5.41, 5.74) is 0.584. The molecule has 0 heterocycles. The van der Waals surface area contributed by atoms with Crippen LogP contribution in [0.5, 0.6) is 0 Å². The monoisotopic (exact) mass is 183 g/mol. The highest BCUT2D eigenvalue weighted by molar-refractivity contribution is 8.04. The summed E-state index contributed by atoms with van der Waals surface area (Å²) in [4.78, 5) is 9.34. The standard InChI is InChI=1S/C8H9NO2S/c1-3-12-7-5-8(2)4-6-9(10)11/h3-7H,1-2H2/b6-4+,7-5-. The van der Waals surface area contributed by atoms with Crippen molar-refractivity contribution in [1.82, 2.24) is 0 Å². The summed E-state index contributed by atoms with van der Waals surface area (Å²) in [5.74, 6) is 0. The molecule has 0 amide bonds. The third-order valence-corrected chi connectivity index (χ3v) is 1.35. The van der Waals surface area contributed by atoms with Gasteiger partial charge in [-0.2, -0.15) is 0 Å². The molecule has 0 aliphatic heterocycles. The zero-order chi connectivity index (χ0) is 9.40. The fourth-order valence-electron chi connectivity index (χ4n) is 0.394. The van der Waals surface area contributed by atoms with Crippen LogP contribution in [0.2, 0.25) is 0 Å². The van der Waals surface area contributed by atoms with Crippen LogP contribution in [0.3, 0.4) is 0 Å². The molecule has 0 aromatic rings. The molecular formula is C8H9NO2S. The van der Waals surface area contributed by atoms with Crippen molar-refractivity contribution in [3.05, 3.63) is 58.0 Å². The van der Waals surface area contributed by atoms with Crippen LogP contribution in [0.1, 0.15) is 0 Å². The summed E-state index contributed by atoms with van der Waals surface area (Å²) in [6, 6.07) is 0. The van der Waals surface area contributed by atoms with Crippen molar-refractivity contribution in [1.29, 1.82) is 0 Å². The molecule has 0 rings (SSSR count). The van der Waals surface area contributed by atoms with E-state index in [2.05, 4.69) is 13.2 Å². The molecule has 0 aromatic heterocycles. The minimum Gasteiger partial charge on any atom is -0.259 e. The fraction of sp³-hybridized carbons (Fsp3) is 0. The van der Waals surface area contributed by atoms with Crippen LogP contribution in [0.4, 0.5) is 0 Å². The zero-order valence-electron chi connectivity index (χ0n) is 6.47. The highest BCUT2D eigenvalue weighted by atomic mass is 32.2. The predicted molar refractivity (Wildman–Crippen MR) is 52.2 cm³/mol. The molecule has 0 N–H and O–H groups in total. The molecule has 0 aliphatic rings. The average Bonchev–Trinajstić information content (AvgIpc) is 2.01. The van der Waals surface area contributed by atoms with Crippen molar-refractivity contribution in [2.24, 2.45) is 0 Å². The van der Waals surface area contributed by atoms with Gasteiger partial charge in [-0.1, -0.05) is 13.2 Å². The zero-order valence-corrected chi connectivity index (χ0v) is 7.29. The van der Waals surface area contributed by atoms with Crippen LogP contribution in [0.15, 0.2) is 47.9 Å². The van der Waals surface area contributed by atoms with Crippen molar-refractivity contribution in [2.75, 3.05) is 0 Å². The summed E-state index contributed by atoms with van der Waals surface area (Å²) in [6.07, 6.45) is 3.86. The Kier molecular flexibility index (Phi) is 5.73. The van der Waals surface area contributed by atoms with Crippen LogP contribution >= 0.6 is 11.8 Å². The van der Waals surface area contributed by atoms with Crippen molar-refractivity contribution >= 4 is 11.8 Å². The molecule has 0 bridgehead atoms. The van der Waals surface area contributed by atoms with E-state index < -0.39 is 4.92 Å². The number of hydrogen-bond acceptors (Lipinski definition) is 3. The smallest absolute Gasteiger partial charge is 0.235 e. The molecule has 0 atom stereocenters. The second-order valence-corrected chi connectivity index (χ2v) is 2.66. The number of thioether (sulfide) groups is 1. The van der Waals surface area contributed by atoms with Gasteiger partial charge in [-0.25, -0.2) is 0 Å². The van der Waals surface area contributed by atoms with E-state index >= 15 is 0 Å². The molecule has 64 valence electrons. The Labute approximate surface area is 75.3 Å². The van der Waals surface area contributed by atoms with E-state index in [0.29, 0.717) is 5.57 Å². The Morgan fingerprint density at radius 1 is 1.50 bits per heavy atom. The first kappa shape index (κ1) is 10.7. The van der Waals surface area contributed by atoms with E-state index in [4.69, 9.17) is 0 Å². The lowest BCUT2D eigenvalue weighted by molar-refractivity contribution is -0.402. The van der Waals surface area contributed by atoms with E-state index in [1.165, 1.54) is 17.8 Å². The molecule has 0 radical (unpaired) electrons. The molecule has 3 nitrogen and oxygen atoms in total. The first-order valence-electron chi connectivity index (χ1n) is 3.10. The van der Waals surface area contributed by atoms with E-state index in [0.717, 1.165) is 6.20 Å². The van der Waals surface area contributed by atoms with Crippen molar-refractivity contribution in [2.45, 2.75) is 0 Å². The van der Waals surface area contributed by atoms with Gasteiger partial charge in [-0.15, -0.1) is 11.8 Å². The van der Waals surface area contributed by atoms with Gasteiger partial charge in [0.2, 0.25) is 6.20 Å². The maximum Gasteiger partial charge on any atom is 0.235 e. The van der Waals surface area contributed by atoms with Crippen molar-refractivity contribution < 1.29 is 4.92 Å². The van der Waals surface area contributed by atoms with Gasteiger partial charge >= 0.3 is 0 Å². The number of rotatable bonds is 5. The summed E-state index contributed by atoms with van der Waals surface area (Å²) < 4.78 is 0. The van der Waals surface area contributed by atoms with Crippen molar-refractivity contribution in [3.8, 4) is 0 Å². The largest absolute Gasteiger partial charge is 0.259 e. The number of nitro groups is 1. The number of nitrogens with zero attached hydrogens (tertiary/aromatic N) is 1. The van der Waals surface area contributed by atoms with Crippen LogP contribution in [0.25, 0.3) is 0 Å². The Morgan fingerprint density at radius 3 is 2.67 bits per heavy atom. The normalized spacial score (nSPS) is 10.7. The van der Waals surface area contributed by atoms with Crippen LogP contribution < -0.4 is 0 Å². The van der Waals surface area contributed by atoms with Gasteiger partial charge in [0.25, 0.3) is 0 Å². The lowest BCUT2D eigenvalue weighted by Crippen LogP contribution is -1.82. The third-order valence-electron chi connectivity index (χ3n) is 0.867. The lowest BCUT2D eigenvalue weighted by Gasteiger charge is -1.84. The highest BCUT2D eigenvalue weighted by Gasteiger charge is 1.85. The molecule has 12 heavy (non-hydrogen) atoms. The van der Waals surface area contributed by atoms with Crippen LogP contribution in [-0.4, -0.2) is 4.92 Å². The first-order valence-corrected chi connectivity index (χ1v) is 4.04. The molecule has 0 spiro atoms. The molecule has 0 saturated carbocycles. The molecule has 0 aromatic carbocycles. The first-order chi connectivity index (χ1) is 5.66. The summed E-state index contributed by atoms with van der Waals surface area (Å²) in [5, 5.41) is 13.3. The Bertz CT molecular complexity index is 243. The van der Waals surface area contributed by atoms with E-state index in [1.807, 2.05) is 0 Å². The van der Waals surface area contributed by atoms with E-state index in [-0.39, 0.29) is 0 Å². The van der Waals surface area contributed by atoms with Gasteiger partial charge in [0.05, 0.1) is 4.92 Å². The molecule has 4 heteroatoms. The van der Waals surface area contributed by atoms with Gasteiger partial charge < -0.3 is 0 Å².